The van der Waals surface area contributed by atoms with Crippen LogP contribution < -0.4 is 5.56 Å². The van der Waals surface area contributed by atoms with E-state index >= 15 is 0 Å². The third kappa shape index (κ3) is 2.78. The lowest BCUT2D eigenvalue weighted by Gasteiger charge is -2.18. The van der Waals surface area contributed by atoms with Gasteiger partial charge in [0, 0.05) is 24.5 Å². The summed E-state index contributed by atoms with van der Waals surface area (Å²) in [6.07, 6.45) is 0. The smallest absolute Gasteiger partial charge is 0.274 e. The Morgan fingerprint density at radius 2 is 1.78 bits per heavy atom. The predicted octanol–water partition coefficient (Wildman–Crippen LogP) is 1.90. The number of hydrogen-bond acceptors (Lipinski definition) is 4. The minimum Gasteiger partial charge on any atom is -0.508 e. The molecule has 2 N–H and O–H groups in total. The van der Waals surface area contributed by atoms with E-state index in [1.165, 1.54) is 4.90 Å². The van der Waals surface area contributed by atoms with E-state index in [1.807, 2.05) is 0 Å². The molecule has 6 nitrogen and oxygen atoms in total. The quantitative estimate of drug-likeness (QED) is 0.773. The second-order valence-corrected chi connectivity index (χ2v) is 5.24. The van der Waals surface area contributed by atoms with Gasteiger partial charge in [0.1, 0.15) is 5.75 Å². The highest BCUT2D eigenvalue weighted by atomic mass is 16.3. The minimum atomic E-state index is -0.333. The number of carbonyl (C=O) groups is 1. The zero-order chi connectivity index (χ0) is 16.4. The number of carbonyl (C=O) groups excluding carboxylic acids is 1. The summed E-state index contributed by atoms with van der Waals surface area (Å²) < 4.78 is 0. The summed E-state index contributed by atoms with van der Waals surface area (Å²) in [5, 5.41) is 17.0. The third-order valence-electron chi connectivity index (χ3n) is 3.64. The van der Waals surface area contributed by atoms with Crippen molar-refractivity contribution >= 4 is 16.7 Å². The Morgan fingerprint density at radius 1 is 1.13 bits per heavy atom. The molecule has 0 aliphatic rings. The highest BCUT2D eigenvalue weighted by Gasteiger charge is 2.18. The number of amides is 1. The summed E-state index contributed by atoms with van der Waals surface area (Å²) in [4.78, 5) is 25.9. The van der Waals surface area contributed by atoms with E-state index in [2.05, 4.69) is 10.2 Å². The molecule has 2 aromatic carbocycles. The lowest BCUT2D eigenvalue weighted by molar-refractivity contribution is 0.0779. The van der Waals surface area contributed by atoms with Crippen LogP contribution in [0.15, 0.2) is 53.3 Å². The molecule has 116 valence electrons. The van der Waals surface area contributed by atoms with Crippen molar-refractivity contribution in [2.75, 3.05) is 7.05 Å². The maximum absolute atomic E-state index is 12.6. The molecule has 1 heterocycles. The number of para-hydroxylation sites is 1. The molecule has 0 radical (unpaired) electrons. The highest BCUT2D eigenvalue weighted by Crippen LogP contribution is 2.19. The van der Waals surface area contributed by atoms with Crippen molar-refractivity contribution in [3.63, 3.8) is 0 Å². The van der Waals surface area contributed by atoms with Crippen molar-refractivity contribution in [1.29, 1.82) is 0 Å². The fourth-order valence-electron chi connectivity index (χ4n) is 2.43. The number of rotatable bonds is 3. The van der Waals surface area contributed by atoms with E-state index in [4.69, 9.17) is 0 Å². The number of phenols is 1. The van der Waals surface area contributed by atoms with Crippen LogP contribution in [0.5, 0.6) is 5.75 Å². The first-order valence-corrected chi connectivity index (χ1v) is 7.07. The van der Waals surface area contributed by atoms with Gasteiger partial charge in [-0.2, -0.15) is 5.10 Å². The Hall–Kier alpha value is -3.15. The predicted molar refractivity (Wildman–Crippen MR) is 86.3 cm³/mol. The lowest BCUT2D eigenvalue weighted by atomic mass is 10.1. The van der Waals surface area contributed by atoms with Gasteiger partial charge in [-0.1, -0.05) is 36.4 Å². The van der Waals surface area contributed by atoms with Crippen molar-refractivity contribution in [1.82, 2.24) is 15.1 Å². The van der Waals surface area contributed by atoms with E-state index in [1.54, 1.807) is 55.6 Å². The van der Waals surface area contributed by atoms with Crippen molar-refractivity contribution in [2.45, 2.75) is 6.54 Å². The van der Waals surface area contributed by atoms with E-state index < -0.39 is 0 Å². The number of H-pyrrole nitrogens is 1. The SMILES string of the molecule is CN(Cc1ccccc1O)C(=O)c1n[nH]c(=O)c2ccccc12. The van der Waals surface area contributed by atoms with Crippen LogP contribution in [-0.2, 0) is 6.54 Å². The maximum atomic E-state index is 12.6. The zero-order valence-corrected chi connectivity index (χ0v) is 12.5. The molecule has 0 bridgehead atoms. The average Bonchev–Trinajstić information content (AvgIpc) is 2.57. The zero-order valence-electron chi connectivity index (χ0n) is 12.5. The molecule has 3 rings (SSSR count). The summed E-state index contributed by atoms with van der Waals surface area (Å²) in [6, 6.07) is 13.7. The number of aromatic amines is 1. The normalized spacial score (nSPS) is 10.7. The highest BCUT2D eigenvalue weighted by molar-refractivity contribution is 6.04. The van der Waals surface area contributed by atoms with Gasteiger partial charge < -0.3 is 10.0 Å². The van der Waals surface area contributed by atoms with Gasteiger partial charge in [-0.3, -0.25) is 9.59 Å². The van der Waals surface area contributed by atoms with Gasteiger partial charge in [0.25, 0.3) is 11.5 Å². The molecule has 0 atom stereocenters. The van der Waals surface area contributed by atoms with Gasteiger partial charge >= 0.3 is 0 Å². The number of hydrogen-bond donors (Lipinski definition) is 2. The van der Waals surface area contributed by atoms with Crippen LogP contribution >= 0.6 is 0 Å². The van der Waals surface area contributed by atoms with Gasteiger partial charge in [0.15, 0.2) is 5.69 Å². The summed E-state index contributed by atoms with van der Waals surface area (Å²) >= 11 is 0. The van der Waals surface area contributed by atoms with Crippen LogP contribution in [0.1, 0.15) is 16.1 Å². The van der Waals surface area contributed by atoms with Crippen molar-refractivity contribution < 1.29 is 9.90 Å². The number of aromatic hydroxyl groups is 1. The number of nitrogens with one attached hydrogen (secondary N) is 1. The van der Waals surface area contributed by atoms with Crippen LogP contribution in [0.3, 0.4) is 0 Å². The second-order valence-electron chi connectivity index (χ2n) is 5.24. The largest absolute Gasteiger partial charge is 0.508 e. The molecule has 23 heavy (non-hydrogen) atoms. The number of fused-ring (bicyclic) bond motifs is 1. The van der Waals surface area contributed by atoms with Crippen LogP contribution in [-0.4, -0.2) is 33.2 Å². The molecule has 0 aliphatic heterocycles. The van der Waals surface area contributed by atoms with Gasteiger partial charge in [-0.05, 0) is 12.1 Å². The van der Waals surface area contributed by atoms with Crippen LogP contribution in [0.4, 0.5) is 0 Å². The van der Waals surface area contributed by atoms with Gasteiger partial charge in [0.2, 0.25) is 0 Å². The molecule has 0 aliphatic carbocycles. The molecule has 0 saturated carbocycles. The van der Waals surface area contributed by atoms with Crippen LogP contribution in [0.25, 0.3) is 10.8 Å². The van der Waals surface area contributed by atoms with E-state index in [9.17, 15) is 14.7 Å². The van der Waals surface area contributed by atoms with E-state index in [-0.39, 0.29) is 29.5 Å². The molecule has 0 saturated heterocycles. The average molecular weight is 309 g/mol. The Bertz CT molecular complexity index is 934. The molecule has 3 aromatic rings. The molecule has 0 spiro atoms. The first-order valence-electron chi connectivity index (χ1n) is 7.07. The standard InChI is InChI=1S/C17H15N3O3/c1-20(10-11-6-2-5-9-14(11)21)17(23)15-12-7-3-4-8-13(12)16(22)19-18-15/h2-9,21H,10H2,1H3,(H,19,22). The number of phenolic OH excluding ortho intramolecular Hbond substituents is 1. The van der Waals surface area contributed by atoms with Crippen molar-refractivity contribution in [3.05, 3.63) is 70.1 Å². The Balaban J connectivity index is 1.96. The molecule has 0 unspecified atom stereocenters. The second kappa shape index (κ2) is 5.92. The number of aromatic nitrogens is 2. The molecular weight excluding hydrogens is 294 g/mol. The molecule has 0 fully saturated rings. The lowest BCUT2D eigenvalue weighted by Crippen LogP contribution is -2.28. The Morgan fingerprint density at radius 3 is 2.52 bits per heavy atom. The van der Waals surface area contributed by atoms with Crippen molar-refractivity contribution in [2.24, 2.45) is 0 Å². The first-order chi connectivity index (χ1) is 11.1. The molecule has 1 amide bonds. The van der Waals surface area contributed by atoms with Crippen LogP contribution in [0, 0.1) is 0 Å². The molecule has 6 heteroatoms. The van der Waals surface area contributed by atoms with E-state index in [0.717, 1.165) is 0 Å². The summed E-state index contributed by atoms with van der Waals surface area (Å²) in [5.74, 6) is -0.202. The Kier molecular flexibility index (Phi) is 3.80. The number of benzene rings is 2. The fourth-order valence-corrected chi connectivity index (χ4v) is 2.43. The monoisotopic (exact) mass is 309 g/mol. The van der Waals surface area contributed by atoms with Crippen molar-refractivity contribution in [3.8, 4) is 5.75 Å². The fraction of sp³-hybridized carbons (Fsp3) is 0.118. The van der Waals surface area contributed by atoms with Gasteiger partial charge in [-0.15, -0.1) is 0 Å². The van der Waals surface area contributed by atoms with Gasteiger partial charge in [-0.25, -0.2) is 5.10 Å². The summed E-state index contributed by atoms with van der Waals surface area (Å²) in [5.41, 5.74) is 0.482. The van der Waals surface area contributed by atoms with E-state index in [0.29, 0.717) is 16.3 Å². The maximum Gasteiger partial charge on any atom is 0.274 e. The van der Waals surface area contributed by atoms with Gasteiger partial charge in [0.05, 0.1) is 5.39 Å². The first kappa shape index (κ1) is 14.8. The number of nitrogens with zero attached hydrogens (tertiary/aromatic N) is 2. The summed E-state index contributed by atoms with van der Waals surface area (Å²) in [7, 11) is 1.62. The third-order valence-corrected chi connectivity index (χ3v) is 3.64. The van der Waals surface area contributed by atoms with Crippen LogP contribution in [0.2, 0.25) is 0 Å². The molecule has 1 aromatic heterocycles. The Labute approximate surface area is 132 Å². The molecular formula is C17H15N3O3. The topological polar surface area (TPSA) is 86.3 Å². The minimum absolute atomic E-state index is 0.131. The summed E-state index contributed by atoms with van der Waals surface area (Å²) in [6.45, 7) is 0.237.